The molecule has 1 saturated heterocycles. The normalized spacial score (nSPS) is 24.3. The number of carbonyl (C=O) groups excluding carboxylic acids is 10. The van der Waals surface area contributed by atoms with E-state index in [2.05, 4.69) is 26.3 Å². The second-order valence-electron chi connectivity index (χ2n) is 12.8. The Morgan fingerprint density at radius 1 is 0.714 bits per heavy atom. The quantitative estimate of drug-likeness (QED) is 0.106. The van der Waals surface area contributed by atoms with E-state index in [4.69, 9.17) is 17.2 Å². The van der Waals surface area contributed by atoms with Crippen molar-refractivity contribution in [3.63, 3.8) is 0 Å². The molecule has 2 aromatic rings. The summed E-state index contributed by atoms with van der Waals surface area (Å²) in [6, 6.07) is -4.85. The van der Waals surface area contributed by atoms with Crippen LogP contribution in [0, 0.1) is 5.92 Å². The minimum absolute atomic E-state index is 0.180. The smallest absolute Gasteiger partial charge is 0.305 e. The molecule has 1 aromatic heterocycles. The molecular weight excluding hydrogens is 742 g/mol. The van der Waals surface area contributed by atoms with Crippen LogP contribution in [0.25, 0.3) is 10.9 Å². The first-order valence-electron chi connectivity index (χ1n) is 17.1. The Morgan fingerprint density at radius 3 is 1.80 bits per heavy atom. The number of fused-ring (bicyclic) bond motifs is 1. The first-order valence-corrected chi connectivity index (χ1v) is 17.1. The van der Waals surface area contributed by atoms with Crippen LogP contribution in [0.2, 0.25) is 0 Å². The Bertz CT molecular complexity index is 1910. The van der Waals surface area contributed by atoms with E-state index in [9.17, 15) is 57.8 Å². The molecule has 1 fully saturated rings. The van der Waals surface area contributed by atoms with E-state index in [-0.39, 0.29) is 12.8 Å². The Labute approximate surface area is 317 Å². The summed E-state index contributed by atoms with van der Waals surface area (Å²) < 4.78 is 0. The van der Waals surface area contributed by atoms with Crippen molar-refractivity contribution in [3.05, 3.63) is 36.0 Å². The molecule has 302 valence electrons. The zero-order chi connectivity index (χ0) is 41.9. The van der Waals surface area contributed by atoms with Gasteiger partial charge in [0.05, 0.1) is 6.42 Å². The number of primary amides is 3. The number of aromatic nitrogens is 1. The molecule has 0 bridgehead atoms. The van der Waals surface area contributed by atoms with Crippen LogP contribution in [0.1, 0.15) is 38.7 Å². The second-order valence-corrected chi connectivity index (χ2v) is 12.8. The second kappa shape index (κ2) is 19.3. The summed E-state index contributed by atoms with van der Waals surface area (Å²) in [6.07, 6.45) is 0.0153. The first kappa shape index (κ1) is 43.3. The van der Waals surface area contributed by atoms with Crippen molar-refractivity contribution in [2.24, 2.45) is 23.1 Å². The molecule has 7 atom stereocenters. The highest BCUT2D eigenvalue weighted by molar-refractivity contribution is 6.14. The summed E-state index contributed by atoms with van der Waals surface area (Å²) in [6.45, 7) is 2.57. The van der Waals surface area contributed by atoms with E-state index in [0.717, 1.165) is 0 Å². The fraction of sp³-hybridized carbons (Fsp3) is 0.424. The van der Waals surface area contributed by atoms with Gasteiger partial charge in [-0.15, -0.1) is 0 Å². The van der Waals surface area contributed by atoms with Crippen LogP contribution in [0.15, 0.2) is 30.5 Å². The number of carboxylic acid groups (broad SMARTS) is 1. The highest BCUT2D eigenvalue weighted by Gasteiger charge is 2.39. The maximum Gasteiger partial charge on any atom is 0.305 e. The van der Waals surface area contributed by atoms with Crippen molar-refractivity contribution in [1.82, 2.24) is 42.2 Å². The predicted molar refractivity (Wildman–Crippen MR) is 191 cm³/mol. The largest absolute Gasteiger partial charge is 0.481 e. The lowest BCUT2D eigenvalue weighted by Gasteiger charge is -2.28. The Morgan fingerprint density at radius 2 is 1.25 bits per heavy atom. The number of hydrogen-bond acceptors (Lipinski definition) is 11. The van der Waals surface area contributed by atoms with E-state index >= 15 is 0 Å². The minimum Gasteiger partial charge on any atom is -0.481 e. The molecule has 3 rings (SSSR count). The lowest BCUT2D eigenvalue weighted by atomic mass is 9.97. The van der Waals surface area contributed by atoms with Crippen LogP contribution in [0.3, 0.4) is 0 Å². The fourth-order valence-electron chi connectivity index (χ4n) is 5.49. The number of nitrogens with one attached hydrogen (secondary N) is 8. The van der Waals surface area contributed by atoms with Crippen molar-refractivity contribution in [3.8, 4) is 0 Å². The van der Waals surface area contributed by atoms with Crippen LogP contribution in [-0.2, 0) is 59.2 Å². The molecule has 1 aliphatic rings. The molecule has 0 saturated carbocycles. The van der Waals surface area contributed by atoms with E-state index in [1.807, 2.05) is 10.6 Å². The SMILES string of the molecule is CC[C@H](C)C1NC(=O)C(CC(=O)O)NC(=O)C(Cc2c[nH]c3ccccc23)NC(=O)CCNC(=O)C(C(N)=O)NC(=O)C(C(N)=O)NC(=O)C(C(N)=O)NC1=O. The standard InChI is InChI=1S/C33H43N11O12/c1-3-13(2)21-31(54)43-23(26(35)49)33(56)44-24(27(36)50)32(55)42-22(25(34)48)30(53)37-9-8-19(45)39-17(10-14-12-38-16-7-5-4-6-15(14)16)28(51)40-18(11-20(46)47)29(52)41-21/h4-7,12-13,17-18,21-24,38H,3,8-11H2,1-2H3,(H2,34,48)(H2,35,49)(H2,36,50)(H,37,53)(H,39,45)(H,40,51)(H,41,52)(H,42,55)(H,43,54)(H,44,56)(H,46,47)/t13-,17?,18?,21?,22?,23?,24?/m0/s1. The zero-order valence-electron chi connectivity index (χ0n) is 30.1. The maximum atomic E-state index is 13.8. The lowest BCUT2D eigenvalue weighted by Crippen LogP contribution is -2.65. The molecule has 23 heteroatoms. The molecule has 23 nitrogen and oxygen atoms in total. The third kappa shape index (κ3) is 11.5. The summed E-state index contributed by atoms with van der Waals surface area (Å²) in [5, 5.41) is 25.2. The van der Waals surface area contributed by atoms with Crippen molar-refractivity contribution in [1.29, 1.82) is 0 Å². The highest BCUT2D eigenvalue weighted by Crippen LogP contribution is 2.19. The van der Waals surface area contributed by atoms with Crippen LogP contribution >= 0.6 is 0 Å². The minimum atomic E-state index is -2.38. The lowest BCUT2D eigenvalue weighted by molar-refractivity contribution is -0.143. The molecule has 0 radical (unpaired) electrons. The van der Waals surface area contributed by atoms with Crippen molar-refractivity contribution < 1.29 is 57.8 Å². The molecule has 2 heterocycles. The Kier molecular flexibility index (Phi) is 14.9. The topological polar surface area (TPSA) is 386 Å². The summed E-state index contributed by atoms with van der Waals surface area (Å²) in [5.41, 5.74) is 17.1. The van der Waals surface area contributed by atoms with Gasteiger partial charge in [-0.3, -0.25) is 52.7 Å². The molecule has 1 aromatic carbocycles. The number of aliphatic carboxylic acids is 1. The van der Waals surface area contributed by atoms with E-state index in [1.165, 1.54) is 6.92 Å². The van der Waals surface area contributed by atoms with Gasteiger partial charge < -0.3 is 64.5 Å². The third-order valence-corrected chi connectivity index (χ3v) is 8.71. The van der Waals surface area contributed by atoms with Gasteiger partial charge in [0.15, 0.2) is 18.1 Å². The fourth-order valence-corrected chi connectivity index (χ4v) is 5.49. The van der Waals surface area contributed by atoms with E-state index in [0.29, 0.717) is 16.5 Å². The Hall–Kier alpha value is -7.07. The van der Waals surface area contributed by atoms with Gasteiger partial charge in [0.2, 0.25) is 41.4 Å². The average Bonchev–Trinajstić information content (AvgIpc) is 3.54. The maximum absolute atomic E-state index is 13.8. The molecule has 56 heavy (non-hydrogen) atoms. The van der Waals surface area contributed by atoms with Gasteiger partial charge in [0.1, 0.15) is 18.1 Å². The third-order valence-electron chi connectivity index (χ3n) is 8.71. The molecule has 0 aliphatic carbocycles. The van der Waals surface area contributed by atoms with Gasteiger partial charge >= 0.3 is 5.97 Å². The number of para-hydroxylation sites is 1. The summed E-state index contributed by atoms with van der Waals surface area (Å²) >= 11 is 0. The van der Waals surface area contributed by atoms with Gasteiger partial charge in [0, 0.05) is 36.5 Å². The van der Waals surface area contributed by atoms with Crippen LogP contribution in [0.5, 0.6) is 0 Å². The van der Waals surface area contributed by atoms with E-state index < -0.39 is 127 Å². The molecule has 10 amide bonds. The van der Waals surface area contributed by atoms with Crippen LogP contribution in [0.4, 0.5) is 0 Å². The molecule has 15 N–H and O–H groups in total. The predicted octanol–water partition coefficient (Wildman–Crippen LogP) is -5.88. The Balaban J connectivity index is 2.08. The van der Waals surface area contributed by atoms with Crippen LogP contribution in [-0.4, -0.2) is 118 Å². The van der Waals surface area contributed by atoms with Gasteiger partial charge in [-0.25, -0.2) is 0 Å². The first-order chi connectivity index (χ1) is 26.3. The molecule has 1 aliphatic heterocycles. The summed E-state index contributed by atoms with van der Waals surface area (Å²) in [5.74, 6) is -15.5. The average molecular weight is 786 g/mol. The van der Waals surface area contributed by atoms with Gasteiger partial charge in [-0.05, 0) is 17.5 Å². The number of hydrogen-bond donors (Lipinski definition) is 12. The number of rotatable bonds is 9. The molecular formula is C33H43N11O12. The van der Waals surface area contributed by atoms with Crippen molar-refractivity contribution in [2.75, 3.05) is 6.54 Å². The van der Waals surface area contributed by atoms with Gasteiger partial charge in [-0.1, -0.05) is 38.5 Å². The number of aromatic amines is 1. The van der Waals surface area contributed by atoms with Crippen LogP contribution < -0.4 is 54.4 Å². The number of nitrogens with two attached hydrogens (primary N) is 3. The number of benzene rings is 1. The number of carbonyl (C=O) groups is 11. The monoisotopic (exact) mass is 785 g/mol. The molecule has 0 spiro atoms. The zero-order valence-corrected chi connectivity index (χ0v) is 30.1. The van der Waals surface area contributed by atoms with Crippen molar-refractivity contribution >= 4 is 75.9 Å². The number of carboxylic acids is 1. The number of H-pyrrole nitrogens is 1. The summed E-state index contributed by atoms with van der Waals surface area (Å²) in [4.78, 5) is 145. The molecule has 6 unspecified atom stereocenters. The summed E-state index contributed by atoms with van der Waals surface area (Å²) in [7, 11) is 0. The number of amides is 10. The highest BCUT2D eigenvalue weighted by atomic mass is 16.4. The van der Waals surface area contributed by atoms with Gasteiger partial charge in [0.25, 0.3) is 17.7 Å². The van der Waals surface area contributed by atoms with E-state index in [1.54, 1.807) is 42.7 Å². The van der Waals surface area contributed by atoms with Crippen molar-refractivity contribution in [2.45, 2.75) is 75.8 Å². The van der Waals surface area contributed by atoms with Gasteiger partial charge in [-0.2, -0.15) is 0 Å².